The molecule has 88 valence electrons. The Morgan fingerprint density at radius 1 is 1.56 bits per heavy atom. The fraction of sp³-hybridized carbons (Fsp3) is 0.583. The van der Waals surface area contributed by atoms with E-state index in [1.807, 2.05) is 18.7 Å². The Morgan fingerprint density at radius 3 is 2.88 bits per heavy atom. The Bertz CT molecular complexity index is 420. The van der Waals surface area contributed by atoms with Gasteiger partial charge in [0.2, 0.25) is 0 Å². The fourth-order valence-corrected chi connectivity index (χ4v) is 2.71. The van der Waals surface area contributed by atoms with Gasteiger partial charge in [0.1, 0.15) is 0 Å². The van der Waals surface area contributed by atoms with Crippen molar-refractivity contribution in [2.24, 2.45) is 12.8 Å². The summed E-state index contributed by atoms with van der Waals surface area (Å²) >= 11 is 3.58. The van der Waals surface area contributed by atoms with Gasteiger partial charge in [-0.15, -0.1) is 0 Å². The van der Waals surface area contributed by atoms with Gasteiger partial charge in [0.15, 0.2) is 0 Å². The van der Waals surface area contributed by atoms with Gasteiger partial charge >= 0.3 is 0 Å². The van der Waals surface area contributed by atoms with E-state index < -0.39 is 0 Å². The van der Waals surface area contributed by atoms with Gasteiger partial charge in [-0.3, -0.25) is 4.68 Å². The van der Waals surface area contributed by atoms with Gasteiger partial charge in [0.25, 0.3) is 0 Å². The Kier molecular flexibility index (Phi) is 3.50. The van der Waals surface area contributed by atoms with Crippen LogP contribution in [-0.2, 0) is 7.05 Å². The van der Waals surface area contributed by atoms with Crippen molar-refractivity contribution in [3.63, 3.8) is 0 Å². The van der Waals surface area contributed by atoms with E-state index in [4.69, 9.17) is 5.73 Å². The second kappa shape index (κ2) is 4.72. The molecule has 1 aromatic rings. The summed E-state index contributed by atoms with van der Waals surface area (Å²) in [5, 5.41) is 4.39. The first-order chi connectivity index (χ1) is 7.58. The second-order valence-corrected chi connectivity index (χ2v) is 5.36. The SMILES string of the molecule is Cc1nn(C)c(C=C2CCCC(N)C2)c1Br. The molecule has 1 heterocycles. The van der Waals surface area contributed by atoms with Gasteiger partial charge in [-0.1, -0.05) is 5.57 Å². The fourth-order valence-electron chi connectivity index (χ4n) is 2.26. The number of nitrogens with zero attached hydrogens (tertiary/aromatic N) is 2. The van der Waals surface area contributed by atoms with Crippen LogP contribution in [0.3, 0.4) is 0 Å². The number of hydrogen-bond acceptors (Lipinski definition) is 2. The minimum atomic E-state index is 0.341. The van der Waals surface area contributed by atoms with Crippen molar-refractivity contribution in [1.82, 2.24) is 9.78 Å². The standard InChI is InChI=1S/C12H18BrN3/c1-8-12(13)11(16(2)15-8)7-9-4-3-5-10(14)6-9/h7,10H,3-6,14H2,1-2H3. The first kappa shape index (κ1) is 11.9. The lowest BCUT2D eigenvalue weighted by atomic mass is 9.90. The minimum absolute atomic E-state index is 0.341. The molecule has 1 saturated carbocycles. The van der Waals surface area contributed by atoms with Gasteiger partial charge in [-0.25, -0.2) is 0 Å². The first-order valence-electron chi connectivity index (χ1n) is 5.72. The molecule has 0 saturated heterocycles. The maximum absolute atomic E-state index is 5.99. The van der Waals surface area contributed by atoms with E-state index in [0.29, 0.717) is 6.04 Å². The monoisotopic (exact) mass is 283 g/mol. The lowest BCUT2D eigenvalue weighted by Crippen LogP contribution is -2.23. The Labute approximate surface area is 105 Å². The highest BCUT2D eigenvalue weighted by molar-refractivity contribution is 9.10. The number of hydrogen-bond donors (Lipinski definition) is 1. The Morgan fingerprint density at radius 2 is 2.31 bits per heavy atom. The van der Waals surface area contributed by atoms with Crippen LogP contribution in [0, 0.1) is 6.92 Å². The minimum Gasteiger partial charge on any atom is -0.327 e. The molecule has 1 atom stereocenters. The van der Waals surface area contributed by atoms with Crippen molar-refractivity contribution in [2.75, 3.05) is 0 Å². The molecule has 2 N–H and O–H groups in total. The van der Waals surface area contributed by atoms with Gasteiger partial charge in [0, 0.05) is 13.1 Å². The van der Waals surface area contributed by atoms with E-state index in [1.165, 1.54) is 18.4 Å². The van der Waals surface area contributed by atoms with E-state index in [1.54, 1.807) is 0 Å². The summed E-state index contributed by atoms with van der Waals surface area (Å²) in [6, 6.07) is 0.341. The molecule has 2 rings (SSSR count). The molecule has 1 fully saturated rings. The number of halogens is 1. The van der Waals surface area contributed by atoms with Crippen molar-refractivity contribution >= 4 is 22.0 Å². The molecule has 0 spiro atoms. The molecular formula is C12H18BrN3. The molecule has 3 nitrogen and oxygen atoms in total. The number of aromatic nitrogens is 2. The van der Waals surface area contributed by atoms with E-state index >= 15 is 0 Å². The topological polar surface area (TPSA) is 43.8 Å². The van der Waals surface area contributed by atoms with Crippen molar-refractivity contribution in [3.8, 4) is 0 Å². The van der Waals surface area contributed by atoms with Crippen LogP contribution in [0.25, 0.3) is 6.08 Å². The number of rotatable bonds is 1. The molecule has 0 aliphatic heterocycles. The molecule has 0 aromatic carbocycles. The smallest absolute Gasteiger partial charge is 0.0751 e. The lowest BCUT2D eigenvalue weighted by molar-refractivity contribution is 0.520. The summed E-state index contributed by atoms with van der Waals surface area (Å²) in [4.78, 5) is 0. The highest BCUT2D eigenvalue weighted by Gasteiger charge is 2.15. The van der Waals surface area contributed by atoms with Gasteiger partial charge in [0.05, 0.1) is 15.9 Å². The van der Waals surface area contributed by atoms with Crippen LogP contribution in [0.4, 0.5) is 0 Å². The first-order valence-corrected chi connectivity index (χ1v) is 6.51. The summed E-state index contributed by atoms with van der Waals surface area (Å²) in [6.45, 7) is 2.01. The largest absolute Gasteiger partial charge is 0.327 e. The van der Waals surface area contributed by atoms with Gasteiger partial charge < -0.3 is 5.73 Å². The number of aryl methyl sites for hydroxylation is 2. The molecule has 4 heteroatoms. The molecule has 0 amide bonds. The quantitative estimate of drug-likeness (QED) is 0.861. The normalized spacial score (nSPS) is 24.0. The molecule has 1 aliphatic rings. The second-order valence-electron chi connectivity index (χ2n) is 4.57. The average Bonchev–Trinajstić information content (AvgIpc) is 2.45. The summed E-state index contributed by atoms with van der Waals surface area (Å²) < 4.78 is 3.02. The van der Waals surface area contributed by atoms with Crippen LogP contribution in [0.1, 0.15) is 37.1 Å². The molecular weight excluding hydrogens is 266 g/mol. The van der Waals surface area contributed by atoms with Crippen LogP contribution >= 0.6 is 15.9 Å². The molecule has 0 radical (unpaired) electrons. The van der Waals surface area contributed by atoms with Crippen molar-refractivity contribution < 1.29 is 0 Å². The average molecular weight is 284 g/mol. The Hall–Kier alpha value is -0.610. The van der Waals surface area contributed by atoms with E-state index in [0.717, 1.165) is 28.7 Å². The van der Waals surface area contributed by atoms with Crippen LogP contribution in [0.5, 0.6) is 0 Å². The maximum atomic E-state index is 5.99. The molecule has 16 heavy (non-hydrogen) atoms. The van der Waals surface area contributed by atoms with Crippen LogP contribution in [0.2, 0.25) is 0 Å². The zero-order valence-electron chi connectivity index (χ0n) is 9.83. The summed E-state index contributed by atoms with van der Waals surface area (Å²) in [6.07, 6.45) is 6.80. The van der Waals surface area contributed by atoms with Crippen LogP contribution in [0.15, 0.2) is 10.0 Å². The van der Waals surface area contributed by atoms with E-state index in [-0.39, 0.29) is 0 Å². The lowest BCUT2D eigenvalue weighted by Gasteiger charge is -2.20. The molecule has 1 unspecified atom stereocenters. The van der Waals surface area contributed by atoms with Crippen LogP contribution < -0.4 is 5.73 Å². The zero-order chi connectivity index (χ0) is 11.7. The number of nitrogens with two attached hydrogens (primary N) is 1. The summed E-state index contributed by atoms with van der Waals surface area (Å²) in [5.41, 5.74) is 9.62. The van der Waals surface area contributed by atoms with Crippen LogP contribution in [-0.4, -0.2) is 15.8 Å². The highest BCUT2D eigenvalue weighted by Crippen LogP contribution is 2.28. The third-order valence-corrected chi connectivity index (χ3v) is 4.11. The Balaban J connectivity index is 2.27. The van der Waals surface area contributed by atoms with Gasteiger partial charge in [-0.05, 0) is 54.6 Å². The van der Waals surface area contributed by atoms with Crippen molar-refractivity contribution in [3.05, 3.63) is 21.4 Å². The third kappa shape index (κ3) is 2.38. The maximum Gasteiger partial charge on any atom is 0.0751 e. The highest BCUT2D eigenvalue weighted by atomic mass is 79.9. The van der Waals surface area contributed by atoms with Crippen molar-refractivity contribution in [1.29, 1.82) is 0 Å². The molecule has 1 aromatic heterocycles. The molecule has 1 aliphatic carbocycles. The van der Waals surface area contributed by atoms with Crippen molar-refractivity contribution in [2.45, 2.75) is 38.6 Å². The predicted octanol–water partition coefficient (Wildman–Crippen LogP) is 2.78. The third-order valence-electron chi connectivity index (χ3n) is 3.13. The summed E-state index contributed by atoms with van der Waals surface area (Å²) in [7, 11) is 1.98. The predicted molar refractivity (Wildman–Crippen MR) is 70.1 cm³/mol. The van der Waals surface area contributed by atoms with Gasteiger partial charge in [-0.2, -0.15) is 5.10 Å². The zero-order valence-corrected chi connectivity index (χ0v) is 11.4. The van der Waals surface area contributed by atoms with E-state index in [2.05, 4.69) is 27.1 Å². The summed E-state index contributed by atoms with van der Waals surface area (Å²) in [5.74, 6) is 0. The van der Waals surface area contributed by atoms with E-state index in [9.17, 15) is 0 Å². The molecule has 0 bridgehead atoms.